The molecule has 0 aliphatic heterocycles. The first kappa shape index (κ1) is 11.9. The van der Waals surface area contributed by atoms with E-state index in [1.165, 1.54) is 11.1 Å². The standard InChI is InChI=1S/C14H19N3/c1-3-7-13(15-9-4-2)12-11-16-17-10-6-5-8-14(12)17/h3,5-6,8,10-11,13,15H,1,4,7,9H2,2H3. The topological polar surface area (TPSA) is 29.3 Å². The van der Waals surface area contributed by atoms with Crippen LogP contribution in [0.25, 0.3) is 5.52 Å². The van der Waals surface area contributed by atoms with Crippen LogP contribution in [0.4, 0.5) is 0 Å². The number of nitrogens with zero attached hydrogens (tertiary/aromatic N) is 2. The second kappa shape index (κ2) is 5.64. The van der Waals surface area contributed by atoms with Crippen LogP contribution in [0.3, 0.4) is 0 Å². The van der Waals surface area contributed by atoms with Gasteiger partial charge in [-0.15, -0.1) is 6.58 Å². The van der Waals surface area contributed by atoms with Crippen LogP contribution in [-0.2, 0) is 0 Å². The van der Waals surface area contributed by atoms with Crippen molar-refractivity contribution in [3.05, 3.63) is 48.8 Å². The van der Waals surface area contributed by atoms with E-state index in [9.17, 15) is 0 Å². The Morgan fingerprint density at radius 3 is 3.18 bits per heavy atom. The van der Waals surface area contributed by atoms with E-state index in [1.54, 1.807) is 0 Å². The molecule has 3 heteroatoms. The summed E-state index contributed by atoms with van der Waals surface area (Å²) in [6.45, 7) is 7.02. The predicted molar refractivity (Wildman–Crippen MR) is 71.0 cm³/mol. The van der Waals surface area contributed by atoms with E-state index < -0.39 is 0 Å². The fourth-order valence-corrected chi connectivity index (χ4v) is 2.03. The monoisotopic (exact) mass is 229 g/mol. The molecule has 0 bridgehead atoms. The number of pyridine rings is 1. The third-order valence-corrected chi connectivity index (χ3v) is 2.87. The van der Waals surface area contributed by atoms with Crippen LogP contribution in [0, 0.1) is 0 Å². The van der Waals surface area contributed by atoms with E-state index >= 15 is 0 Å². The molecule has 1 N–H and O–H groups in total. The lowest BCUT2D eigenvalue weighted by molar-refractivity contribution is 0.540. The quantitative estimate of drug-likeness (QED) is 0.772. The van der Waals surface area contributed by atoms with Gasteiger partial charge in [0.05, 0.1) is 11.7 Å². The van der Waals surface area contributed by atoms with Crippen LogP contribution in [0.15, 0.2) is 43.2 Å². The molecule has 1 unspecified atom stereocenters. The van der Waals surface area contributed by atoms with Crippen molar-refractivity contribution in [2.45, 2.75) is 25.8 Å². The normalized spacial score (nSPS) is 12.8. The number of hydrogen-bond donors (Lipinski definition) is 1. The summed E-state index contributed by atoms with van der Waals surface area (Å²) in [5, 5.41) is 7.91. The smallest absolute Gasteiger partial charge is 0.0709 e. The molecule has 2 heterocycles. The van der Waals surface area contributed by atoms with Crippen molar-refractivity contribution in [3.8, 4) is 0 Å². The lowest BCUT2D eigenvalue weighted by atomic mass is 10.1. The summed E-state index contributed by atoms with van der Waals surface area (Å²) in [5.41, 5.74) is 2.42. The zero-order chi connectivity index (χ0) is 12.1. The third kappa shape index (κ3) is 2.56. The van der Waals surface area contributed by atoms with Gasteiger partial charge in [0, 0.05) is 17.8 Å². The van der Waals surface area contributed by atoms with Crippen LogP contribution in [-0.4, -0.2) is 16.2 Å². The summed E-state index contributed by atoms with van der Waals surface area (Å²) in [6.07, 6.45) is 7.94. The third-order valence-electron chi connectivity index (χ3n) is 2.87. The largest absolute Gasteiger partial charge is 0.310 e. The molecular formula is C14H19N3. The average Bonchev–Trinajstić information content (AvgIpc) is 2.78. The highest BCUT2D eigenvalue weighted by atomic mass is 15.2. The Bertz CT molecular complexity index is 487. The van der Waals surface area contributed by atoms with Crippen LogP contribution in [0.5, 0.6) is 0 Å². The fraction of sp³-hybridized carbons (Fsp3) is 0.357. The van der Waals surface area contributed by atoms with Crippen LogP contribution in [0.1, 0.15) is 31.4 Å². The second-order valence-corrected chi connectivity index (χ2v) is 4.16. The first-order chi connectivity index (χ1) is 8.36. The van der Waals surface area contributed by atoms with Gasteiger partial charge in [-0.3, -0.25) is 0 Å². The summed E-state index contributed by atoms with van der Waals surface area (Å²) in [5.74, 6) is 0. The van der Waals surface area contributed by atoms with Gasteiger partial charge < -0.3 is 5.32 Å². The number of fused-ring (bicyclic) bond motifs is 1. The highest BCUT2D eigenvalue weighted by Crippen LogP contribution is 2.22. The molecule has 0 amide bonds. The Balaban J connectivity index is 2.30. The first-order valence-electron chi connectivity index (χ1n) is 6.13. The SMILES string of the molecule is C=CCC(NCCC)c1cnn2ccccc12. The number of hydrogen-bond acceptors (Lipinski definition) is 2. The van der Waals surface area contributed by atoms with Gasteiger partial charge in [0.15, 0.2) is 0 Å². The number of aromatic nitrogens is 2. The molecule has 0 saturated heterocycles. The second-order valence-electron chi connectivity index (χ2n) is 4.16. The highest BCUT2D eigenvalue weighted by molar-refractivity contribution is 5.54. The summed E-state index contributed by atoms with van der Waals surface area (Å²) < 4.78 is 1.92. The zero-order valence-corrected chi connectivity index (χ0v) is 10.3. The molecule has 0 aliphatic rings. The van der Waals surface area contributed by atoms with Gasteiger partial charge in [-0.25, -0.2) is 4.52 Å². The number of nitrogens with one attached hydrogen (secondary N) is 1. The molecule has 17 heavy (non-hydrogen) atoms. The van der Waals surface area contributed by atoms with Crippen molar-refractivity contribution < 1.29 is 0 Å². The summed E-state index contributed by atoms with van der Waals surface area (Å²) >= 11 is 0. The summed E-state index contributed by atoms with van der Waals surface area (Å²) in [7, 11) is 0. The molecule has 1 atom stereocenters. The molecule has 0 aromatic carbocycles. The molecule has 0 radical (unpaired) electrons. The van der Waals surface area contributed by atoms with Crippen molar-refractivity contribution in [1.29, 1.82) is 0 Å². The minimum Gasteiger partial charge on any atom is -0.310 e. The van der Waals surface area contributed by atoms with E-state index in [-0.39, 0.29) is 0 Å². The Labute approximate surface area is 102 Å². The van der Waals surface area contributed by atoms with Gasteiger partial charge in [0.1, 0.15) is 0 Å². The highest BCUT2D eigenvalue weighted by Gasteiger charge is 2.13. The molecule has 0 aliphatic carbocycles. The number of rotatable bonds is 6. The van der Waals surface area contributed by atoms with E-state index in [0.717, 1.165) is 19.4 Å². The minimum atomic E-state index is 0.312. The maximum absolute atomic E-state index is 4.37. The molecule has 0 saturated carbocycles. The van der Waals surface area contributed by atoms with E-state index in [2.05, 4.69) is 30.0 Å². The zero-order valence-electron chi connectivity index (χ0n) is 10.3. The Morgan fingerprint density at radius 2 is 2.41 bits per heavy atom. The molecule has 2 aromatic heterocycles. The van der Waals surface area contributed by atoms with Crippen molar-refractivity contribution in [2.24, 2.45) is 0 Å². The average molecular weight is 229 g/mol. The van der Waals surface area contributed by atoms with Gasteiger partial charge in [0.2, 0.25) is 0 Å². The predicted octanol–water partition coefficient (Wildman–Crippen LogP) is 2.95. The maximum Gasteiger partial charge on any atom is 0.0709 e. The Hall–Kier alpha value is -1.61. The molecule has 90 valence electrons. The first-order valence-corrected chi connectivity index (χ1v) is 6.13. The minimum absolute atomic E-state index is 0.312. The Kier molecular flexibility index (Phi) is 3.94. The molecule has 0 spiro atoms. The van der Waals surface area contributed by atoms with Gasteiger partial charge >= 0.3 is 0 Å². The molecule has 2 rings (SSSR count). The van der Waals surface area contributed by atoms with E-state index in [4.69, 9.17) is 0 Å². The lowest BCUT2D eigenvalue weighted by Gasteiger charge is -2.15. The van der Waals surface area contributed by atoms with Crippen molar-refractivity contribution in [2.75, 3.05) is 6.54 Å². The van der Waals surface area contributed by atoms with Gasteiger partial charge in [0.25, 0.3) is 0 Å². The molecule has 3 nitrogen and oxygen atoms in total. The molecular weight excluding hydrogens is 210 g/mol. The van der Waals surface area contributed by atoms with Gasteiger partial charge in [-0.05, 0) is 31.5 Å². The van der Waals surface area contributed by atoms with E-state index in [0.29, 0.717) is 6.04 Å². The van der Waals surface area contributed by atoms with Crippen molar-refractivity contribution in [1.82, 2.24) is 14.9 Å². The molecule has 2 aromatic rings. The van der Waals surface area contributed by atoms with Crippen molar-refractivity contribution in [3.63, 3.8) is 0 Å². The fourth-order valence-electron chi connectivity index (χ4n) is 2.03. The van der Waals surface area contributed by atoms with Gasteiger partial charge in [-0.2, -0.15) is 5.10 Å². The van der Waals surface area contributed by atoms with Crippen LogP contribution < -0.4 is 5.32 Å². The van der Waals surface area contributed by atoms with Crippen molar-refractivity contribution >= 4 is 5.52 Å². The van der Waals surface area contributed by atoms with Crippen LogP contribution >= 0.6 is 0 Å². The summed E-state index contributed by atoms with van der Waals surface area (Å²) in [6, 6.07) is 6.45. The lowest BCUT2D eigenvalue weighted by Crippen LogP contribution is -2.21. The van der Waals surface area contributed by atoms with Crippen LogP contribution in [0.2, 0.25) is 0 Å². The Morgan fingerprint density at radius 1 is 1.53 bits per heavy atom. The maximum atomic E-state index is 4.37. The molecule has 0 fully saturated rings. The summed E-state index contributed by atoms with van der Waals surface area (Å²) in [4.78, 5) is 0. The van der Waals surface area contributed by atoms with E-state index in [1.807, 2.05) is 35.1 Å². The van der Waals surface area contributed by atoms with Gasteiger partial charge in [-0.1, -0.05) is 19.1 Å².